The lowest BCUT2D eigenvalue weighted by molar-refractivity contribution is -0.143. The highest BCUT2D eigenvalue weighted by atomic mass is 16.5. The summed E-state index contributed by atoms with van der Waals surface area (Å²) in [4.78, 5) is 38.8. The minimum Gasteiger partial charge on any atom is -0.467 e. The molecule has 0 aromatic heterocycles. The number of ether oxygens (including phenoxy) is 1. The molecule has 0 heterocycles. The van der Waals surface area contributed by atoms with Gasteiger partial charge in [-0.2, -0.15) is 0 Å². The Morgan fingerprint density at radius 1 is 0.649 bits per heavy atom. The first-order valence-corrected chi connectivity index (χ1v) is 12.3. The number of nitrogens with one attached hydrogen (secondary N) is 1. The van der Waals surface area contributed by atoms with Gasteiger partial charge in [0.25, 0.3) is 5.91 Å². The molecule has 1 aliphatic rings. The topological polar surface area (TPSA) is 72.5 Å². The first kappa shape index (κ1) is 24.2. The van der Waals surface area contributed by atoms with Crippen molar-refractivity contribution in [2.45, 2.75) is 17.9 Å². The fourth-order valence-electron chi connectivity index (χ4n) is 5.05. The Bertz CT molecular complexity index is 1340. The van der Waals surface area contributed by atoms with Crippen molar-refractivity contribution in [1.82, 2.24) is 5.32 Å². The summed E-state index contributed by atoms with van der Waals surface area (Å²) < 4.78 is 4.88. The van der Waals surface area contributed by atoms with E-state index in [2.05, 4.69) is 29.6 Å². The zero-order valence-electron chi connectivity index (χ0n) is 20.4. The molecule has 5 heteroatoms. The van der Waals surface area contributed by atoms with Gasteiger partial charge in [-0.15, -0.1) is 0 Å². The van der Waals surface area contributed by atoms with E-state index in [0.29, 0.717) is 16.7 Å². The molecule has 0 bridgehead atoms. The molecule has 1 N–H and O–H groups in total. The summed E-state index contributed by atoms with van der Waals surface area (Å²) in [6, 6.07) is 34.9. The Morgan fingerprint density at radius 3 is 1.59 bits per heavy atom. The second-order valence-corrected chi connectivity index (χ2v) is 9.18. The van der Waals surface area contributed by atoms with Crippen molar-refractivity contribution in [1.29, 1.82) is 0 Å². The van der Waals surface area contributed by atoms with Gasteiger partial charge in [0.2, 0.25) is 0 Å². The van der Waals surface area contributed by atoms with Crippen LogP contribution in [0.2, 0.25) is 0 Å². The van der Waals surface area contributed by atoms with E-state index >= 15 is 0 Å². The lowest BCUT2D eigenvalue weighted by Gasteiger charge is -2.17. The average Bonchev–Trinajstić information content (AvgIpc) is 3.72. The van der Waals surface area contributed by atoms with E-state index in [1.165, 1.54) is 7.11 Å². The molecule has 1 saturated carbocycles. The molecule has 37 heavy (non-hydrogen) atoms. The first-order chi connectivity index (χ1) is 18.1. The molecular weight excluding hydrogens is 462 g/mol. The molecule has 0 aliphatic heterocycles. The molecule has 0 radical (unpaired) electrons. The number of rotatable bonds is 8. The van der Waals surface area contributed by atoms with Crippen molar-refractivity contribution in [3.63, 3.8) is 0 Å². The van der Waals surface area contributed by atoms with Crippen molar-refractivity contribution in [2.75, 3.05) is 7.11 Å². The summed E-state index contributed by atoms with van der Waals surface area (Å²) in [5.74, 6) is -0.845. The van der Waals surface area contributed by atoms with Crippen LogP contribution in [-0.4, -0.2) is 24.8 Å². The van der Waals surface area contributed by atoms with Crippen molar-refractivity contribution < 1.29 is 19.1 Å². The molecule has 0 saturated heterocycles. The SMILES string of the molecule is COC(=O)[C@@H](NC(=O)c1ccc(C(=O)C2[C@@H](c3ccccc3)[C@H]2c2ccccc2)cc1)c1ccccc1. The summed E-state index contributed by atoms with van der Waals surface area (Å²) in [7, 11) is 1.29. The minimum absolute atomic E-state index is 0.0615. The van der Waals surface area contributed by atoms with E-state index < -0.39 is 17.9 Å². The first-order valence-electron chi connectivity index (χ1n) is 12.3. The van der Waals surface area contributed by atoms with Gasteiger partial charge in [0.15, 0.2) is 11.8 Å². The van der Waals surface area contributed by atoms with Gasteiger partial charge >= 0.3 is 5.97 Å². The van der Waals surface area contributed by atoms with Crippen molar-refractivity contribution >= 4 is 17.7 Å². The summed E-state index contributed by atoms with van der Waals surface area (Å²) >= 11 is 0. The van der Waals surface area contributed by atoms with Crippen LogP contribution < -0.4 is 5.32 Å². The normalized spacial score (nSPS) is 18.9. The van der Waals surface area contributed by atoms with E-state index in [4.69, 9.17) is 4.74 Å². The third kappa shape index (κ3) is 5.07. The number of ketones is 1. The Kier molecular flexibility index (Phi) is 6.95. The quantitative estimate of drug-likeness (QED) is 0.254. The highest BCUT2D eigenvalue weighted by Gasteiger charge is 2.55. The average molecular weight is 490 g/mol. The molecule has 5 nitrogen and oxygen atoms in total. The Labute approximate surface area is 216 Å². The fraction of sp³-hybridized carbons (Fsp3) is 0.156. The number of hydrogen-bond acceptors (Lipinski definition) is 4. The van der Waals surface area contributed by atoms with Gasteiger partial charge in [-0.3, -0.25) is 9.59 Å². The number of esters is 1. The molecule has 1 fully saturated rings. The molecule has 184 valence electrons. The third-order valence-electron chi connectivity index (χ3n) is 6.97. The number of Topliss-reactive ketones (excluding diaryl/α,β-unsaturated/α-hetero) is 1. The van der Waals surface area contributed by atoms with Gasteiger partial charge in [-0.05, 0) is 28.8 Å². The second-order valence-electron chi connectivity index (χ2n) is 9.18. The number of benzene rings is 4. The van der Waals surface area contributed by atoms with Crippen LogP contribution in [0.5, 0.6) is 0 Å². The fourth-order valence-corrected chi connectivity index (χ4v) is 5.05. The van der Waals surface area contributed by atoms with Gasteiger partial charge in [-0.1, -0.05) is 103 Å². The lowest BCUT2D eigenvalue weighted by Crippen LogP contribution is -2.34. The highest BCUT2D eigenvalue weighted by Crippen LogP contribution is 2.61. The second kappa shape index (κ2) is 10.6. The molecular formula is C32H27NO4. The van der Waals surface area contributed by atoms with Crippen molar-refractivity contribution in [2.24, 2.45) is 5.92 Å². The van der Waals surface area contributed by atoms with Crippen LogP contribution in [0.1, 0.15) is 55.3 Å². The van der Waals surface area contributed by atoms with Gasteiger partial charge in [0, 0.05) is 28.9 Å². The number of amides is 1. The molecule has 1 unspecified atom stereocenters. The van der Waals surface area contributed by atoms with Crippen LogP contribution in [0.15, 0.2) is 115 Å². The summed E-state index contributed by atoms with van der Waals surface area (Å²) in [6.07, 6.45) is 0. The minimum atomic E-state index is -0.926. The largest absolute Gasteiger partial charge is 0.467 e. The van der Waals surface area contributed by atoms with Gasteiger partial charge in [-0.25, -0.2) is 4.79 Å². The van der Waals surface area contributed by atoms with Crippen LogP contribution in [0, 0.1) is 5.92 Å². The Morgan fingerprint density at radius 2 is 1.11 bits per heavy atom. The van der Waals surface area contributed by atoms with E-state index in [0.717, 1.165) is 11.1 Å². The van der Waals surface area contributed by atoms with Crippen LogP contribution in [0.4, 0.5) is 0 Å². The summed E-state index contributed by atoms with van der Waals surface area (Å²) in [5.41, 5.74) is 3.85. The monoisotopic (exact) mass is 489 g/mol. The van der Waals surface area contributed by atoms with E-state index in [1.54, 1.807) is 48.5 Å². The van der Waals surface area contributed by atoms with Crippen LogP contribution in [0.3, 0.4) is 0 Å². The Balaban J connectivity index is 1.34. The molecule has 1 amide bonds. The molecule has 4 atom stereocenters. The van der Waals surface area contributed by atoms with E-state index in [9.17, 15) is 14.4 Å². The van der Waals surface area contributed by atoms with E-state index in [1.807, 2.05) is 42.5 Å². The third-order valence-corrected chi connectivity index (χ3v) is 6.97. The summed E-state index contributed by atoms with van der Waals surface area (Å²) in [6.45, 7) is 0. The zero-order valence-corrected chi connectivity index (χ0v) is 20.4. The maximum atomic E-state index is 13.6. The van der Waals surface area contributed by atoms with Crippen LogP contribution in [-0.2, 0) is 9.53 Å². The zero-order chi connectivity index (χ0) is 25.8. The van der Waals surface area contributed by atoms with Crippen LogP contribution >= 0.6 is 0 Å². The van der Waals surface area contributed by atoms with Gasteiger partial charge in [0.05, 0.1) is 7.11 Å². The van der Waals surface area contributed by atoms with Crippen LogP contribution in [0.25, 0.3) is 0 Å². The predicted molar refractivity (Wildman–Crippen MR) is 141 cm³/mol. The molecule has 5 rings (SSSR count). The number of methoxy groups -OCH3 is 1. The van der Waals surface area contributed by atoms with E-state index in [-0.39, 0.29) is 23.5 Å². The predicted octanol–water partition coefficient (Wildman–Crippen LogP) is 5.71. The maximum absolute atomic E-state index is 13.6. The molecule has 4 aromatic carbocycles. The highest BCUT2D eigenvalue weighted by molar-refractivity contribution is 6.03. The smallest absolute Gasteiger partial charge is 0.333 e. The number of carbonyl (C=O) groups excluding carboxylic acids is 3. The molecule has 0 spiro atoms. The molecule has 4 aromatic rings. The molecule has 1 aliphatic carbocycles. The number of carbonyl (C=O) groups is 3. The van der Waals surface area contributed by atoms with Gasteiger partial charge < -0.3 is 10.1 Å². The van der Waals surface area contributed by atoms with Gasteiger partial charge in [0.1, 0.15) is 0 Å². The maximum Gasteiger partial charge on any atom is 0.333 e. The van der Waals surface area contributed by atoms with Crippen molar-refractivity contribution in [3.05, 3.63) is 143 Å². The summed E-state index contributed by atoms with van der Waals surface area (Å²) in [5, 5.41) is 2.74. The standard InChI is InChI=1S/C32H27NO4/c1-37-32(36)29(23-15-9-4-10-16-23)33-31(35)25-19-17-24(18-20-25)30(34)28-26(21-11-5-2-6-12-21)27(28)22-13-7-3-8-14-22/h2-20,26-29H,1H3,(H,33,35)/t26-,27+,28?,29-/m0/s1. The Hall–Kier alpha value is -4.51. The van der Waals surface area contributed by atoms with Crippen molar-refractivity contribution in [3.8, 4) is 0 Å². The number of hydrogen-bond donors (Lipinski definition) is 1. The lowest BCUT2D eigenvalue weighted by atomic mass is 10.0.